The van der Waals surface area contributed by atoms with E-state index in [4.69, 9.17) is 11.6 Å². The Kier molecular flexibility index (Phi) is 2.90. The lowest BCUT2D eigenvalue weighted by Gasteiger charge is -2.10. The first-order chi connectivity index (χ1) is 10.3. The molecule has 4 aromatic rings. The number of hydrogen-bond acceptors (Lipinski definition) is 0. The fourth-order valence-corrected chi connectivity index (χ4v) is 3.10. The van der Waals surface area contributed by atoms with Gasteiger partial charge in [-0.05, 0) is 44.8 Å². The van der Waals surface area contributed by atoms with Crippen LogP contribution >= 0.6 is 11.6 Å². The first kappa shape index (κ1) is 12.4. The van der Waals surface area contributed by atoms with Gasteiger partial charge in [-0.15, -0.1) is 0 Å². The van der Waals surface area contributed by atoms with Crippen molar-refractivity contribution in [3.05, 3.63) is 83.9 Å². The molecule has 21 heavy (non-hydrogen) atoms. The van der Waals surface area contributed by atoms with Crippen LogP contribution in [0.15, 0.2) is 78.9 Å². The fraction of sp³-hybridized carbons (Fsp3) is 0. The summed E-state index contributed by atoms with van der Waals surface area (Å²) in [5.41, 5.74) is 2.50. The van der Waals surface area contributed by atoms with Crippen molar-refractivity contribution in [1.82, 2.24) is 0 Å². The van der Waals surface area contributed by atoms with E-state index < -0.39 is 0 Å². The third-order valence-electron chi connectivity index (χ3n) is 3.93. The minimum atomic E-state index is 0.778. The van der Waals surface area contributed by atoms with Gasteiger partial charge in [0.25, 0.3) is 0 Å². The van der Waals surface area contributed by atoms with Gasteiger partial charge in [0.15, 0.2) is 0 Å². The summed E-state index contributed by atoms with van der Waals surface area (Å²) in [5.74, 6) is 0. The topological polar surface area (TPSA) is 0 Å². The zero-order valence-corrected chi connectivity index (χ0v) is 12.1. The second-order valence-electron chi connectivity index (χ2n) is 5.20. The molecule has 0 fully saturated rings. The van der Waals surface area contributed by atoms with E-state index in [0.717, 1.165) is 5.02 Å². The smallest absolute Gasteiger partial charge is 0.0412 e. The van der Waals surface area contributed by atoms with Crippen molar-refractivity contribution in [3.8, 4) is 11.1 Å². The third kappa shape index (κ3) is 2.09. The van der Waals surface area contributed by atoms with Crippen molar-refractivity contribution in [2.75, 3.05) is 0 Å². The van der Waals surface area contributed by atoms with Gasteiger partial charge in [0.1, 0.15) is 0 Å². The van der Waals surface area contributed by atoms with Crippen LogP contribution in [0.3, 0.4) is 0 Å². The molecule has 0 saturated heterocycles. The fourth-order valence-electron chi connectivity index (χ4n) is 2.93. The van der Waals surface area contributed by atoms with Crippen LogP contribution in [0.25, 0.3) is 32.7 Å². The molecule has 4 aromatic carbocycles. The summed E-state index contributed by atoms with van der Waals surface area (Å²) >= 11 is 6.18. The Labute approximate surface area is 128 Å². The Bertz CT molecular complexity index is 940. The molecule has 100 valence electrons. The molecule has 0 aromatic heterocycles. The SMILES string of the molecule is Clc1ccc2ccc3c(-c4ccccc4)cccc3c2c1. The average molecular weight is 289 g/mol. The summed E-state index contributed by atoms with van der Waals surface area (Å²) in [5, 5.41) is 5.71. The maximum Gasteiger partial charge on any atom is 0.0412 e. The molecular formula is C20H13Cl. The van der Waals surface area contributed by atoms with E-state index in [-0.39, 0.29) is 0 Å². The largest absolute Gasteiger partial charge is 0.0843 e. The van der Waals surface area contributed by atoms with Gasteiger partial charge in [-0.2, -0.15) is 0 Å². The van der Waals surface area contributed by atoms with Gasteiger partial charge < -0.3 is 0 Å². The van der Waals surface area contributed by atoms with E-state index in [1.165, 1.54) is 32.7 Å². The first-order valence-electron chi connectivity index (χ1n) is 6.99. The molecule has 0 spiro atoms. The summed E-state index contributed by atoms with van der Waals surface area (Å²) in [6.07, 6.45) is 0. The summed E-state index contributed by atoms with van der Waals surface area (Å²) in [4.78, 5) is 0. The minimum absolute atomic E-state index is 0.778. The number of rotatable bonds is 1. The number of fused-ring (bicyclic) bond motifs is 3. The van der Waals surface area contributed by atoms with Gasteiger partial charge in [0.05, 0.1) is 0 Å². The number of hydrogen-bond donors (Lipinski definition) is 0. The molecule has 1 heteroatoms. The van der Waals surface area contributed by atoms with Gasteiger partial charge in [0, 0.05) is 5.02 Å². The maximum atomic E-state index is 6.18. The molecule has 0 bridgehead atoms. The highest BCUT2D eigenvalue weighted by atomic mass is 35.5. The van der Waals surface area contributed by atoms with E-state index in [1.54, 1.807) is 0 Å². The van der Waals surface area contributed by atoms with Gasteiger partial charge in [0.2, 0.25) is 0 Å². The second kappa shape index (κ2) is 4.91. The van der Waals surface area contributed by atoms with Crippen LogP contribution in [0.1, 0.15) is 0 Å². The van der Waals surface area contributed by atoms with Crippen molar-refractivity contribution >= 4 is 33.1 Å². The summed E-state index contributed by atoms with van der Waals surface area (Å²) in [6.45, 7) is 0. The molecular weight excluding hydrogens is 276 g/mol. The molecule has 0 atom stereocenters. The van der Waals surface area contributed by atoms with E-state index >= 15 is 0 Å². The van der Waals surface area contributed by atoms with Crippen molar-refractivity contribution < 1.29 is 0 Å². The van der Waals surface area contributed by atoms with Crippen molar-refractivity contribution in [2.24, 2.45) is 0 Å². The van der Waals surface area contributed by atoms with Crippen LogP contribution in [0.2, 0.25) is 5.02 Å². The standard InChI is InChI=1S/C20H13Cl/c21-16-11-9-15-10-12-19-17(14-5-2-1-3-6-14)7-4-8-18(19)20(15)13-16/h1-13H. The van der Waals surface area contributed by atoms with Gasteiger partial charge in [-0.1, -0.05) is 78.3 Å². The van der Waals surface area contributed by atoms with Gasteiger partial charge >= 0.3 is 0 Å². The highest BCUT2D eigenvalue weighted by Gasteiger charge is 2.06. The van der Waals surface area contributed by atoms with Crippen molar-refractivity contribution in [3.63, 3.8) is 0 Å². The summed E-state index contributed by atoms with van der Waals surface area (Å²) < 4.78 is 0. The zero-order chi connectivity index (χ0) is 14.2. The predicted octanol–water partition coefficient (Wildman–Crippen LogP) is 6.31. The van der Waals surface area contributed by atoms with Gasteiger partial charge in [-0.3, -0.25) is 0 Å². The molecule has 0 aliphatic heterocycles. The predicted molar refractivity (Wildman–Crippen MR) is 91.9 cm³/mol. The molecule has 0 nitrogen and oxygen atoms in total. The molecule has 0 aliphatic carbocycles. The molecule has 0 aliphatic rings. The van der Waals surface area contributed by atoms with E-state index in [9.17, 15) is 0 Å². The first-order valence-corrected chi connectivity index (χ1v) is 7.37. The average Bonchev–Trinajstić information content (AvgIpc) is 2.55. The lowest BCUT2D eigenvalue weighted by atomic mass is 9.95. The van der Waals surface area contributed by atoms with Crippen LogP contribution in [-0.2, 0) is 0 Å². The van der Waals surface area contributed by atoms with Crippen molar-refractivity contribution in [1.29, 1.82) is 0 Å². The molecule has 0 heterocycles. The Hall–Kier alpha value is -2.31. The van der Waals surface area contributed by atoms with Crippen LogP contribution in [-0.4, -0.2) is 0 Å². The lowest BCUT2D eigenvalue weighted by Crippen LogP contribution is -1.83. The maximum absolute atomic E-state index is 6.18. The number of benzene rings is 4. The van der Waals surface area contributed by atoms with Gasteiger partial charge in [-0.25, -0.2) is 0 Å². The summed E-state index contributed by atoms with van der Waals surface area (Å²) in [6, 6.07) is 27.4. The zero-order valence-electron chi connectivity index (χ0n) is 11.4. The van der Waals surface area contributed by atoms with E-state index in [2.05, 4.69) is 60.7 Å². The molecule has 0 radical (unpaired) electrons. The third-order valence-corrected chi connectivity index (χ3v) is 4.16. The molecule has 0 amide bonds. The lowest BCUT2D eigenvalue weighted by molar-refractivity contribution is 1.66. The molecule has 4 rings (SSSR count). The minimum Gasteiger partial charge on any atom is -0.0843 e. The monoisotopic (exact) mass is 288 g/mol. The van der Waals surface area contributed by atoms with Crippen LogP contribution < -0.4 is 0 Å². The normalized spacial score (nSPS) is 11.1. The molecule has 0 N–H and O–H groups in total. The Morgan fingerprint density at radius 2 is 1.38 bits per heavy atom. The van der Waals surface area contributed by atoms with Crippen molar-refractivity contribution in [2.45, 2.75) is 0 Å². The molecule has 0 saturated carbocycles. The Morgan fingerprint density at radius 1 is 0.571 bits per heavy atom. The summed E-state index contributed by atoms with van der Waals surface area (Å²) in [7, 11) is 0. The molecule has 0 unspecified atom stereocenters. The van der Waals surface area contributed by atoms with E-state index in [1.807, 2.05) is 18.2 Å². The van der Waals surface area contributed by atoms with Crippen LogP contribution in [0.4, 0.5) is 0 Å². The van der Waals surface area contributed by atoms with Crippen LogP contribution in [0.5, 0.6) is 0 Å². The Morgan fingerprint density at radius 3 is 2.24 bits per heavy atom. The van der Waals surface area contributed by atoms with E-state index in [0.29, 0.717) is 0 Å². The highest BCUT2D eigenvalue weighted by Crippen LogP contribution is 2.33. The second-order valence-corrected chi connectivity index (χ2v) is 5.63. The number of halogens is 1. The Balaban J connectivity index is 2.11. The quantitative estimate of drug-likeness (QED) is 0.360. The van der Waals surface area contributed by atoms with Crippen LogP contribution in [0, 0.1) is 0 Å². The highest BCUT2D eigenvalue weighted by molar-refractivity contribution is 6.32.